The number of benzene rings is 8. The molecule has 0 aliphatic heterocycles. The molecule has 11 rings (SSSR count). The van der Waals surface area contributed by atoms with Crippen LogP contribution in [0.1, 0.15) is 89.4 Å². The van der Waals surface area contributed by atoms with Crippen molar-refractivity contribution >= 4 is 33.0 Å². The number of hydrogen-bond donors (Lipinski definition) is 0. The van der Waals surface area contributed by atoms with E-state index in [9.17, 15) is 0 Å². The van der Waals surface area contributed by atoms with E-state index >= 15 is 0 Å². The molecule has 4 nitrogen and oxygen atoms in total. The zero-order valence-corrected chi connectivity index (χ0v) is 43.5. The second-order valence-corrected chi connectivity index (χ2v) is 19.6. The van der Waals surface area contributed by atoms with Crippen molar-refractivity contribution < 1.29 is 31.4 Å². The second-order valence-electron chi connectivity index (χ2n) is 19.6. The number of pyridine rings is 1. The van der Waals surface area contributed by atoms with Gasteiger partial charge in [0.2, 0.25) is 0 Å². The van der Waals surface area contributed by atoms with Crippen LogP contribution in [0, 0.1) is 24.4 Å². The van der Waals surface area contributed by atoms with Crippen LogP contribution < -0.4 is 0 Å². The fraction of sp³-hybridized carbons (Fsp3) is 0.182. The fourth-order valence-electron chi connectivity index (χ4n) is 9.25. The SMILES string of the molecule is CC(C)c1cc(-c2ccc(-c3ccccc3)cc2)cc(C(C)C)c1-n1c(-c2[c-]ccc3c2oc2cc(-c4ccccc4)ccc23)nc2ccccc21.[2H]C([2H])([2H])c1c[c-]c(-c2ccc(C([2H])([2H])C(C)(C)C)cn2)cc1.[Ir]. The average Bonchev–Trinajstić information content (AvgIpc) is 3.99. The Morgan fingerprint density at radius 3 is 1.86 bits per heavy atom. The van der Waals surface area contributed by atoms with E-state index in [-0.39, 0.29) is 37.5 Å². The molecule has 71 heavy (non-hydrogen) atoms. The monoisotopic (exact) mass is 1110 g/mol. The molecule has 0 fully saturated rings. The van der Waals surface area contributed by atoms with E-state index in [1.807, 2.05) is 32.9 Å². The zero-order chi connectivity index (χ0) is 52.8. The van der Waals surface area contributed by atoms with Gasteiger partial charge in [-0.2, -0.15) is 0 Å². The minimum absolute atomic E-state index is 0. The molecule has 0 aliphatic carbocycles. The molecule has 11 aromatic rings. The van der Waals surface area contributed by atoms with E-state index in [0.29, 0.717) is 16.8 Å². The van der Waals surface area contributed by atoms with Crippen molar-refractivity contribution in [1.29, 1.82) is 0 Å². The van der Waals surface area contributed by atoms with E-state index < -0.39 is 18.6 Å². The maximum atomic E-state index is 8.25. The zero-order valence-electron chi connectivity index (χ0n) is 46.1. The summed E-state index contributed by atoms with van der Waals surface area (Å²) in [6.07, 6.45) is 0.0411. The van der Waals surface area contributed by atoms with E-state index in [1.54, 1.807) is 24.3 Å². The summed E-state index contributed by atoms with van der Waals surface area (Å²) in [4.78, 5) is 9.65. The molecule has 355 valence electrons. The first-order valence-electron chi connectivity index (χ1n) is 26.6. The van der Waals surface area contributed by atoms with Crippen LogP contribution >= 0.6 is 0 Å². The van der Waals surface area contributed by atoms with Crippen LogP contribution in [0.4, 0.5) is 0 Å². The Morgan fingerprint density at radius 1 is 0.634 bits per heavy atom. The molecule has 0 saturated carbocycles. The largest absolute Gasteiger partial charge is 0.501 e. The molecule has 3 aromatic heterocycles. The fourth-order valence-corrected chi connectivity index (χ4v) is 9.25. The first-order chi connectivity index (χ1) is 35.9. The van der Waals surface area contributed by atoms with Crippen molar-refractivity contribution in [2.45, 2.75) is 73.5 Å². The van der Waals surface area contributed by atoms with Gasteiger partial charge in [0.05, 0.1) is 22.4 Å². The molecule has 0 unspecified atom stereocenters. The first-order valence-corrected chi connectivity index (χ1v) is 24.1. The van der Waals surface area contributed by atoms with E-state index in [0.717, 1.165) is 55.5 Å². The summed E-state index contributed by atoms with van der Waals surface area (Å²) >= 11 is 0. The Labute approximate surface area is 439 Å². The van der Waals surface area contributed by atoms with Crippen molar-refractivity contribution in [2.75, 3.05) is 0 Å². The molecule has 0 saturated heterocycles. The van der Waals surface area contributed by atoms with Crippen LogP contribution in [0.25, 0.3) is 94.7 Å². The van der Waals surface area contributed by atoms with Gasteiger partial charge in [-0.25, -0.2) is 0 Å². The van der Waals surface area contributed by atoms with Crippen LogP contribution in [0.5, 0.6) is 0 Å². The van der Waals surface area contributed by atoms with Gasteiger partial charge in [0.1, 0.15) is 5.58 Å². The summed E-state index contributed by atoms with van der Waals surface area (Å²) in [6.45, 7) is 12.6. The van der Waals surface area contributed by atoms with Crippen LogP contribution in [-0.4, -0.2) is 14.5 Å². The normalized spacial score (nSPS) is 13.0. The quantitative estimate of drug-likeness (QED) is 0.135. The van der Waals surface area contributed by atoms with Gasteiger partial charge in [-0.15, -0.1) is 53.6 Å². The second kappa shape index (κ2) is 20.7. The summed E-state index contributed by atoms with van der Waals surface area (Å²) in [5.41, 5.74) is 17.0. The van der Waals surface area contributed by atoms with Gasteiger partial charge in [-0.3, -0.25) is 4.98 Å². The number of nitrogens with zero attached hydrogens (tertiary/aromatic N) is 3. The van der Waals surface area contributed by atoms with Crippen molar-refractivity contribution in [3.05, 3.63) is 223 Å². The smallest absolute Gasteiger partial charge is 0.121 e. The van der Waals surface area contributed by atoms with Crippen molar-refractivity contribution in [2.24, 2.45) is 5.41 Å². The van der Waals surface area contributed by atoms with Gasteiger partial charge in [0.15, 0.2) is 0 Å². The maximum Gasteiger partial charge on any atom is 0.121 e. The molecule has 3 heterocycles. The van der Waals surface area contributed by atoms with Crippen LogP contribution in [0.3, 0.4) is 0 Å². The topological polar surface area (TPSA) is 43.9 Å². The molecule has 5 heteroatoms. The van der Waals surface area contributed by atoms with Crippen molar-refractivity contribution in [1.82, 2.24) is 14.5 Å². The average molecular weight is 1110 g/mol. The molecule has 8 aromatic carbocycles. The van der Waals surface area contributed by atoms with Crippen LogP contribution in [0.15, 0.2) is 193 Å². The molecular weight excluding hydrogens is 1040 g/mol. The molecule has 0 atom stereocenters. The number of aryl methyl sites for hydroxylation is 1. The number of para-hydroxylation sites is 2. The Bertz CT molecular complexity index is 3770. The van der Waals surface area contributed by atoms with Crippen LogP contribution in [-0.2, 0) is 26.5 Å². The molecule has 0 N–H and O–H groups in total. The van der Waals surface area contributed by atoms with E-state index in [4.69, 9.17) is 16.3 Å². The predicted octanol–water partition coefficient (Wildman–Crippen LogP) is 18.1. The van der Waals surface area contributed by atoms with E-state index in [1.165, 1.54) is 51.3 Å². The number of hydrogen-bond acceptors (Lipinski definition) is 3. The third-order valence-electron chi connectivity index (χ3n) is 12.7. The minimum atomic E-state index is -2.14. The maximum absolute atomic E-state index is 8.25. The van der Waals surface area contributed by atoms with E-state index in [2.05, 4.69) is 189 Å². The summed E-state index contributed by atoms with van der Waals surface area (Å²) in [5, 5.41) is 2.14. The molecule has 0 amide bonds. The first kappa shape index (κ1) is 42.7. The number of rotatable bonds is 9. The summed E-state index contributed by atoms with van der Waals surface area (Å²) in [5.74, 6) is 1.35. The van der Waals surface area contributed by atoms with Crippen molar-refractivity contribution in [3.8, 4) is 61.7 Å². The van der Waals surface area contributed by atoms with Gasteiger partial charge in [-0.1, -0.05) is 188 Å². The van der Waals surface area contributed by atoms with Gasteiger partial charge in [0, 0.05) is 44.2 Å². The molecule has 1 radical (unpaired) electrons. The van der Waals surface area contributed by atoms with Crippen molar-refractivity contribution in [3.63, 3.8) is 0 Å². The van der Waals surface area contributed by atoms with Gasteiger partial charge in [-0.05, 0) is 110 Å². The predicted molar refractivity (Wildman–Crippen MR) is 294 cm³/mol. The minimum Gasteiger partial charge on any atom is -0.501 e. The van der Waals surface area contributed by atoms with Gasteiger partial charge in [0.25, 0.3) is 0 Å². The molecular formula is C66H59IrN3O-2. The molecule has 0 bridgehead atoms. The molecule has 0 aliphatic rings. The standard InChI is InChI=1S/C49H39N2O.C17H20N.Ir/c1-31(2)42-28-38(36-24-22-35(23-25-36)33-14-7-5-8-15-33)29-43(32(3)4)47(42)51-45-21-12-11-20-44(45)50-49(51)41-19-13-18-40-39-27-26-37(30-46(39)52-48(40)41)34-16-9-6-10-17-34;1-13-5-8-15(9-6-13)16-10-7-14(12-18-16)11-17(2,3)4;/h5-18,20-32H,1-4H3;5-8,10,12H,11H2,1-4H3;/q2*-1;/i;1D3,11D2;. The summed E-state index contributed by atoms with van der Waals surface area (Å²) in [7, 11) is 0. The Balaban J connectivity index is 0.000000248. The number of aromatic nitrogens is 3. The van der Waals surface area contributed by atoms with Crippen LogP contribution in [0.2, 0.25) is 0 Å². The van der Waals surface area contributed by atoms with Gasteiger partial charge < -0.3 is 14.0 Å². The number of imidazole rings is 1. The third kappa shape index (κ3) is 10.4. The summed E-state index contributed by atoms with van der Waals surface area (Å²) in [6, 6.07) is 68.5. The Morgan fingerprint density at radius 2 is 1.25 bits per heavy atom. The third-order valence-corrected chi connectivity index (χ3v) is 12.7. The Kier molecular flexibility index (Phi) is 12.4. The molecule has 0 spiro atoms. The van der Waals surface area contributed by atoms with Gasteiger partial charge >= 0.3 is 0 Å². The number of furan rings is 1. The number of fused-ring (bicyclic) bond motifs is 4. The summed E-state index contributed by atoms with van der Waals surface area (Å²) < 4.78 is 47.7. The Hall–Kier alpha value is -7.17.